The third-order valence-corrected chi connectivity index (χ3v) is 6.39. The number of nitrogens with one attached hydrogen (secondary N) is 3. The van der Waals surface area contributed by atoms with Gasteiger partial charge < -0.3 is 30.5 Å². The van der Waals surface area contributed by atoms with Crippen LogP contribution in [0.3, 0.4) is 0 Å². The molecule has 1 aromatic heterocycles. The van der Waals surface area contributed by atoms with Gasteiger partial charge in [-0.3, -0.25) is 4.79 Å². The number of Topliss-reactive ketones (excluding diaryl/α,β-unsaturated/α-hetero) is 1. The first kappa shape index (κ1) is 28.3. The van der Waals surface area contributed by atoms with Crippen LogP contribution < -0.4 is 16.0 Å². The molecule has 4 N–H and O–H groups in total. The van der Waals surface area contributed by atoms with Gasteiger partial charge in [0.05, 0.1) is 19.8 Å². The molecule has 0 spiro atoms. The summed E-state index contributed by atoms with van der Waals surface area (Å²) < 4.78 is 11.3. The van der Waals surface area contributed by atoms with Gasteiger partial charge >= 0.3 is 0 Å². The topological polar surface area (TPSA) is 131 Å². The highest BCUT2D eigenvalue weighted by molar-refractivity contribution is 5.95. The average Bonchev–Trinajstić information content (AvgIpc) is 2.96. The van der Waals surface area contributed by atoms with Crippen molar-refractivity contribution in [2.75, 3.05) is 48.9 Å². The Balaban J connectivity index is 1.16. The first-order valence-electron chi connectivity index (χ1n) is 13.7. The highest BCUT2D eigenvalue weighted by atomic mass is 16.5. The van der Waals surface area contributed by atoms with Crippen molar-refractivity contribution in [2.24, 2.45) is 0 Å². The number of benzene rings is 2. The molecular formula is C29H38N6O4. The Labute approximate surface area is 229 Å². The molecule has 1 fully saturated rings. The van der Waals surface area contributed by atoms with Crippen LogP contribution in [0.1, 0.15) is 55.3 Å². The van der Waals surface area contributed by atoms with Crippen molar-refractivity contribution >= 4 is 29.3 Å². The van der Waals surface area contributed by atoms with E-state index in [1.54, 1.807) is 24.3 Å². The molecule has 1 aliphatic rings. The number of hydrogen-bond donors (Lipinski definition) is 4. The number of aromatic nitrogens is 3. The van der Waals surface area contributed by atoms with Crippen LogP contribution in [0.4, 0.5) is 23.5 Å². The third-order valence-electron chi connectivity index (χ3n) is 6.39. The first-order chi connectivity index (χ1) is 19.2. The molecule has 1 heterocycles. The van der Waals surface area contributed by atoms with Gasteiger partial charge in [-0.2, -0.15) is 15.0 Å². The van der Waals surface area contributed by atoms with Gasteiger partial charge in [-0.1, -0.05) is 49.6 Å². The lowest BCUT2D eigenvalue weighted by atomic mass is 9.96. The number of carbonyl (C=O) groups excluding carboxylic acids is 1. The molecule has 4 rings (SSSR count). The summed E-state index contributed by atoms with van der Waals surface area (Å²) in [7, 11) is 0. The third kappa shape index (κ3) is 10.1. The number of hydrogen-bond acceptors (Lipinski definition) is 10. The van der Waals surface area contributed by atoms with Crippen LogP contribution in [-0.2, 0) is 9.47 Å². The fraction of sp³-hybridized carbons (Fsp3) is 0.448. The Kier molecular flexibility index (Phi) is 11.3. The lowest BCUT2D eigenvalue weighted by Gasteiger charge is -2.23. The molecule has 0 atom stereocenters. The molecule has 2 aromatic carbocycles. The zero-order valence-electron chi connectivity index (χ0n) is 22.3. The van der Waals surface area contributed by atoms with E-state index >= 15 is 0 Å². The molecule has 0 bridgehead atoms. The number of anilines is 4. The van der Waals surface area contributed by atoms with E-state index in [2.05, 4.69) is 30.9 Å². The second-order valence-electron chi connectivity index (χ2n) is 9.50. The number of ketones is 1. The monoisotopic (exact) mass is 534 g/mol. The zero-order chi connectivity index (χ0) is 27.1. The van der Waals surface area contributed by atoms with Gasteiger partial charge in [-0.15, -0.1) is 0 Å². The van der Waals surface area contributed by atoms with Crippen LogP contribution in [0, 0.1) is 0 Å². The van der Waals surface area contributed by atoms with E-state index in [9.17, 15) is 9.90 Å². The van der Waals surface area contributed by atoms with Crippen molar-refractivity contribution in [1.82, 2.24) is 15.0 Å². The predicted molar refractivity (Wildman–Crippen MR) is 152 cm³/mol. The van der Waals surface area contributed by atoms with Crippen molar-refractivity contribution in [1.29, 1.82) is 0 Å². The number of aromatic hydroxyl groups is 1. The molecule has 1 aliphatic carbocycles. The van der Waals surface area contributed by atoms with Gasteiger partial charge in [-0.25, -0.2) is 0 Å². The summed E-state index contributed by atoms with van der Waals surface area (Å²) >= 11 is 0. The van der Waals surface area contributed by atoms with Gasteiger partial charge in [0.15, 0.2) is 5.78 Å². The minimum atomic E-state index is 0.137. The van der Waals surface area contributed by atoms with Crippen LogP contribution in [0.5, 0.6) is 5.75 Å². The number of phenolic OH excluding ortho intramolecular Hbond substituents is 1. The normalized spacial score (nSPS) is 13.6. The van der Waals surface area contributed by atoms with Crippen molar-refractivity contribution in [3.63, 3.8) is 0 Å². The Morgan fingerprint density at radius 3 is 2.28 bits per heavy atom. The van der Waals surface area contributed by atoms with E-state index in [0.717, 1.165) is 24.1 Å². The highest BCUT2D eigenvalue weighted by Crippen LogP contribution is 2.22. The summed E-state index contributed by atoms with van der Waals surface area (Å²) in [5.41, 5.74) is 1.51. The summed E-state index contributed by atoms with van der Waals surface area (Å²) in [5, 5.41) is 19.4. The molecule has 10 heteroatoms. The maximum atomic E-state index is 12.1. The molecule has 0 radical (unpaired) electrons. The standard InChI is InChI=1S/C29H38N6O4/c36-25-15-13-24(14-16-25)32-29-34-27(33-28(35-29)31-23-10-5-2-6-11-23)30-17-19-39-21-20-38-18-7-12-26(37)22-8-3-1-4-9-22/h1,3-4,8-9,13-16,23,36H,2,5-7,10-12,17-21H2,(H3,30,31,32,33,34,35). The predicted octanol–water partition coefficient (Wildman–Crippen LogP) is 5.17. The van der Waals surface area contributed by atoms with E-state index < -0.39 is 0 Å². The van der Waals surface area contributed by atoms with Gasteiger partial charge in [0.25, 0.3) is 0 Å². The molecule has 208 valence electrons. The second-order valence-corrected chi connectivity index (χ2v) is 9.50. The molecular weight excluding hydrogens is 496 g/mol. The molecule has 1 saturated carbocycles. The van der Waals surface area contributed by atoms with Crippen LogP contribution >= 0.6 is 0 Å². The van der Waals surface area contributed by atoms with E-state index in [1.807, 2.05) is 30.3 Å². The summed E-state index contributed by atoms with van der Waals surface area (Å²) in [4.78, 5) is 25.7. The van der Waals surface area contributed by atoms with E-state index in [-0.39, 0.29) is 11.5 Å². The Hall–Kier alpha value is -3.76. The Bertz CT molecular complexity index is 1140. The minimum Gasteiger partial charge on any atom is -0.508 e. The van der Waals surface area contributed by atoms with E-state index in [1.165, 1.54) is 19.3 Å². The van der Waals surface area contributed by atoms with Crippen LogP contribution in [0.25, 0.3) is 0 Å². The Morgan fingerprint density at radius 2 is 1.51 bits per heavy atom. The molecule has 0 saturated heterocycles. The molecule has 0 unspecified atom stereocenters. The lowest BCUT2D eigenvalue weighted by molar-refractivity contribution is 0.0497. The van der Waals surface area contributed by atoms with Gasteiger partial charge in [0, 0.05) is 36.9 Å². The largest absolute Gasteiger partial charge is 0.508 e. The fourth-order valence-electron chi connectivity index (χ4n) is 4.34. The lowest BCUT2D eigenvalue weighted by Crippen LogP contribution is -2.24. The smallest absolute Gasteiger partial charge is 0.233 e. The molecule has 3 aromatic rings. The summed E-state index contributed by atoms with van der Waals surface area (Å²) in [6, 6.07) is 16.4. The summed E-state index contributed by atoms with van der Waals surface area (Å²) in [6.07, 6.45) is 7.06. The van der Waals surface area contributed by atoms with E-state index in [4.69, 9.17) is 9.47 Å². The van der Waals surface area contributed by atoms with Crippen molar-refractivity contribution in [3.8, 4) is 5.75 Å². The van der Waals surface area contributed by atoms with E-state index in [0.29, 0.717) is 69.7 Å². The Morgan fingerprint density at radius 1 is 0.821 bits per heavy atom. The quantitative estimate of drug-likeness (QED) is 0.111. The SMILES string of the molecule is O=C(CCCOCCOCCNc1nc(Nc2ccc(O)cc2)nc(NC2CCCCC2)n1)c1ccccc1. The number of phenols is 1. The summed E-state index contributed by atoms with van der Waals surface area (Å²) in [5.74, 6) is 1.73. The molecule has 0 aliphatic heterocycles. The van der Waals surface area contributed by atoms with Gasteiger partial charge in [0.1, 0.15) is 5.75 Å². The van der Waals surface area contributed by atoms with Gasteiger partial charge in [-0.05, 0) is 43.5 Å². The average molecular weight is 535 g/mol. The number of nitrogens with zero attached hydrogens (tertiary/aromatic N) is 3. The summed E-state index contributed by atoms with van der Waals surface area (Å²) in [6.45, 7) is 2.46. The number of rotatable bonds is 16. The van der Waals surface area contributed by atoms with Crippen LogP contribution in [-0.4, -0.2) is 64.9 Å². The maximum absolute atomic E-state index is 12.1. The van der Waals surface area contributed by atoms with Crippen LogP contribution in [0.15, 0.2) is 54.6 Å². The molecule has 39 heavy (non-hydrogen) atoms. The van der Waals surface area contributed by atoms with Gasteiger partial charge in [0.2, 0.25) is 17.8 Å². The van der Waals surface area contributed by atoms with Crippen molar-refractivity contribution in [3.05, 3.63) is 60.2 Å². The molecule has 10 nitrogen and oxygen atoms in total. The minimum absolute atomic E-state index is 0.137. The molecule has 0 amide bonds. The number of ether oxygens (including phenoxy) is 2. The van der Waals surface area contributed by atoms with Crippen LogP contribution in [0.2, 0.25) is 0 Å². The maximum Gasteiger partial charge on any atom is 0.233 e. The zero-order valence-corrected chi connectivity index (χ0v) is 22.3. The second kappa shape index (κ2) is 15.6. The first-order valence-corrected chi connectivity index (χ1v) is 13.7. The fourth-order valence-corrected chi connectivity index (χ4v) is 4.34. The van der Waals surface area contributed by atoms with Crippen molar-refractivity contribution < 1.29 is 19.4 Å². The highest BCUT2D eigenvalue weighted by Gasteiger charge is 2.16. The van der Waals surface area contributed by atoms with Crippen molar-refractivity contribution in [2.45, 2.75) is 51.0 Å². The number of carbonyl (C=O) groups is 1.